The summed E-state index contributed by atoms with van der Waals surface area (Å²) < 4.78 is 103. The largest absolute Gasteiger partial charge is 0.508 e. The van der Waals surface area contributed by atoms with E-state index in [2.05, 4.69) is 4.74 Å². The van der Waals surface area contributed by atoms with E-state index < -0.39 is 30.1 Å². The first-order chi connectivity index (χ1) is 8.89. The van der Waals surface area contributed by atoms with Crippen molar-refractivity contribution in [1.29, 1.82) is 0 Å². The number of rotatable bonds is 4. The first-order valence-corrected chi connectivity index (χ1v) is 4.81. The number of hydrogen-bond acceptors (Lipinski definition) is 2. The molecule has 1 atom stereocenters. The second kappa shape index (κ2) is 4.98. The van der Waals surface area contributed by atoms with Crippen LogP contribution in [-0.2, 0) is 0 Å². The van der Waals surface area contributed by atoms with Crippen LogP contribution < -0.4 is 4.74 Å². The van der Waals surface area contributed by atoms with Crippen molar-refractivity contribution in [3.63, 3.8) is 0 Å². The first kappa shape index (κ1) is 16.3. The maximum absolute atomic E-state index is 13.0. The van der Waals surface area contributed by atoms with Gasteiger partial charge in [-0.05, 0) is 24.3 Å². The highest BCUT2D eigenvalue weighted by Crippen LogP contribution is 2.49. The molecule has 1 unspecified atom stereocenters. The molecule has 0 amide bonds. The van der Waals surface area contributed by atoms with Gasteiger partial charge in [-0.25, -0.2) is 0 Å². The summed E-state index contributed by atoms with van der Waals surface area (Å²) in [5, 5.41) is 8.82. The summed E-state index contributed by atoms with van der Waals surface area (Å²) in [5.74, 6) is -13.9. The van der Waals surface area contributed by atoms with Crippen LogP contribution in [0.5, 0.6) is 11.5 Å². The molecule has 114 valence electrons. The Morgan fingerprint density at radius 2 is 1.35 bits per heavy atom. The van der Waals surface area contributed by atoms with E-state index in [1.165, 1.54) is 0 Å². The minimum Gasteiger partial charge on any atom is -0.508 e. The lowest BCUT2D eigenvalue weighted by Gasteiger charge is -2.30. The fourth-order valence-corrected chi connectivity index (χ4v) is 1.05. The molecular formula is C10H6F8O2. The average Bonchev–Trinajstić information content (AvgIpc) is 2.30. The predicted octanol–water partition coefficient (Wildman–Crippen LogP) is 3.90. The van der Waals surface area contributed by atoms with Gasteiger partial charge in [0, 0.05) is 0 Å². The van der Waals surface area contributed by atoms with Gasteiger partial charge >= 0.3 is 24.4 Å². The topological polar surface area (TPSA) is 29.5 Å². The molecule has 0 radical (unpaired) electrons. The molecule has 0 bridgehead atoms. The molecule has 1 N–H and O–H groups in total. The second-order valence-electron chi connectivity index (χ2n) is 3.62. The van der Waals surface area contributed by atoms with Crippen molar-refractivity contribution in [2.45, 2.75) is 24.4 Å². The number of ether oxygens (including phenoxy) is 1. The van der Waals surface area contributed by atoms with Crippen LogP contribution in [0, 0.1) is 0 Å². The molecule has 0 spiro atoms. The van der Waals surface area contributed by atoms with Gasteiger partial charge in [0.1, 0.15) is 11.5 Å². The van der Waals surface area contributed by atoms with Crippen LogP contribution >= 0.6 is 0 Å². The summed E-state index contributed by atoms with van der Waals surface area (Å²) in [4.78, 5) is 0. The number of aromatic hydroxyl groups is 1. The van der Waals surface area contributed by atoms with Crippen LogP contribution in [0.4, 0.5) is 35.1 Å². The van der Waals surface area contributed by atoms with E-state index in [9.17, 15) is 35.1 Å². The molecular weight excluding hydrogens is 304 g/mol. The van der Waals surface area contributed by atoms with Crippen molar-refractivity contribution in [3.8, 4) is 11.5 Å². The second-order valence-corrected chi connectivity index (χ2v) is 3.62. The van der Waals surface area contributed by atoms with E-state index in [1.807, 2.05) is 0 Å². The highest BCUT2D eigenvalue weighted by atomic mass is 19.4. The lowest BCUT2D eigenvalue weighted by atomic mass is 10.1. The minimum atomic E-state index is -6.64. The molecule has 0 aromatic heterocycles. The molecule has 2 nitrogen and oxygen atoms in total. The Labute approximate surface area is 106 Å². The van der Waals surface area contributed by atoms with E-state index in [0.717, 1.165) is 12.1 Å². The number of halogens is 8. The maximum atomic E-state index is 13.0. The third kappa shape index (κ3) is 2.88. The smallest absolute Gasteiger partial charge is 0.460 e. The van der Waals surface area contributed by atoms with Gasteiger partial charge in [0.25, 0.3) is 0 Å². The number of hydrogen-bond donors (Lipinski definition) is 1. The molecule has 1 aromatic carbocycles. The molecule has 1 rings (SSSR count). The molecule has 0 heterocycles. The Bertz CT molecular complexity index is 453. The Balaban J connectivity index is 2.95. The summed E-state index contributed by atoms with van der Waals surface area (Å²) in [6.07, 6.45) is -10.9. The molecule has 0 fully saturated rings. The van der Waals surface area contributed by atoms with Gasteiger partial charge in [-0.3, -0.25) is 0 Å². The highest BCUT2D eigenvalue weighted by Gasteiger charge is 2.77. The third-order valence-electron chi connectivity index (χ3n) is 2.14. The van der Waals surface area contributed by atoms with E-state index in [-0.39, 0.29) is 5.75 Å². The molecule has 0 aliphatic carbocycles. The Hall–Kier alpha value is -1.74. The van der Waals surface area contributed by atoms with Gasteiger partial charge in [0.15, 0.2) is 0 Å². The average molecular weight is 310 g/mol. The van der Waals surface area contributed by atoms with E-state index >= 15 is 0 Å². The number of alkyl halides is 8. The molecule has 0 saturated carbocycles. The SMILES string of the molecule is Oc1ccc(OC(F)C(F)(F)C(F)(F)C(F)(F)F)cc1. The van der Waals surface area contributed by atoms with Gasteiger partial charge < -0.3 is 9.84 Å². The van der Waals surface area contributed by atoms with Crippen LogP contribution in [0.25, 0.3) is 0 Å². The van der Waals surface area contributed by atoms with Crippen molar-refractivity contribution < 1.29 is 45.0 Å². The summed E-state index contributed by atoms with van der Waals surface area (Å²) in [6, 6.07) is 3.09. The maximum Gasteiger partial charge on any atom is 0.460 e. The van der Waals surface area contributed by atoms with Crippen molar-refractivity contribution in [2.75, 3.05) is 0 Å². The van der Waals surface area contributed by atoms with Gasteiger partial charge in [0.2, 0.25) is 0 Å². The zero-order valence-electron chi connectivity index (χ0n) is 9.27. The lowest BCUT2D eigenvalue weighted by molar-refractivity contribution is -0.379. The molecule has 0 aliphatic rings. The standard InChI is InChI=1S/C10H6F8O2/c11-7(20-6-3-1-5(19)2-4-6)8(12,13)9(14,15)10(16,17)18/h1-4,7,19H. The number of benzene rings is 1. The highest BCUT2D eigenvalue weighted by molar-refractivity contribution is 5.30. The van der Waals surface area contributed by atoms with Crippen molar-refractivity contribution in [1.82, 2.24) is 0 Å². The molecule has 0 aliphatic heterocycles. The van der Waals surface area contributed by atoms with Gasteiger partial charge in [-0.1, -0.05) is 0 Å². The molecule has 0 saturated heterocycles. The molecule has 1 aromatic rings. The monoisotopic (exact) mass is 310 g/mol. The number of phenolic OH excluding ortho intramolecular Hbond substituents is 1. The molecule has 10 heteroatoms. The Kier molecular flexibility index (Phi) is 4.07. The zero-order chi connectivity index (χ0) is 15.8. The first-order valence-electron chi connectivity index (χ1n) is 4.81. The number of phenols is 1. The van der Waals surface area contributed by atoms with Gasteiger partial charge in [-0.15, -0.1) is 0 Å². The molecule has 20 heavy (non-hydrogen) atoms. The van der Waals surface area contributed by atoms with Gasteiger partial charge in [-0.2, -0.15) is 35.1 Å². The van der Waals surface area contributed by atoms with Gasteiger partial charge in [0.05, 0.1) is 0 Å². The summed E-state index contributed by atoms with van der Waals surface area (Å²) in [5.41, 5.74) is 0. The summed E-state index contributed by atoms with van der Waals surface area (Å²) >= 11 is 0. The van der Waals surface area contributed by atoms with Crippen molar-refractivity contribution in [2.24, 2.45) is 0 Å². The minimum absolute atomic E-state index is 0.375. The van der Waals surface area contributed by atoms with E-state index in [4.69, 9.17) is 5.11 Å². The zero-order valence-corrected chi connectivity index (χ0v) is 9.27. The van der Waals surface area contributed by atoms with Crippen LogP contribution in [-0.4, -0.2) is 29.5 Å². The quantitative estimate of drug-likeness (QED) is 0.855. The van der Waals surface area contributed by atoms with Crippen molar-refractivity contribution >= 4 is 0 Å². The normalized spacial score (nSPS) is 15.0. The van der Waals surface area contributed by atoms with Crippen LogP contribution in [0.15, 0.2) is 24.3 Å². The van der Waals surface area contributed by atoms with Crippen LogP contribution in [0.2, 0.25) is 0 Å². The summed E-state index contributed by atoms with van der Waals surface area (Å²) in [7, 11) is 0. The fraction of sp³-hybridized carbons (Fsp3) is 0.400. The fourth-order valence-electron chi connectivity index (χ4n) is 1.05. The van der Waals surface area contributed by atoms with E-state index in [0.29, 0.717) is 12.1 Å². The van der Waals surface area contributed by atoms with E-state index in [1.54, 1.807) is 0 Å². The third-order valence-corrected chi connectivity index (χ3v) is 2.14. The predicted molar refractivity (Wildman–Crippen MR) is 49.6 cm³/mol. The van der Waals surface area contributed by atoms with Crippen LogP contribution in [0.3, 0.4) is 0 Å². The van der Waals surface area contributed by atoms with Crippen LogP contribution in [0.1, 0.15) is 0 Å². The Morgan fingerprint density at radius 3 is 1.75 bits per heavy atom. The Morgan fingerprint density at radius 1 is 0.900 bits per heavy atom. The summed E-state index contributed by atoms with van der Waals surface area (Å²) in [6.45, 7) is 0. The lowest BCUT2D eigenvalue weighted by Crippen LogP contribution is -2.58. The van der Waals surface area contributed by atoms with Crippen molar-refractivity contribution in [3.05, 3.63) is 24.3 Å².